The van der Waals surface area contributed by atoms with Crippen LogP contribution in [0.2, 0.25) is 0 Å². The molecule has 0 unspecified atom stereocenters. The molecule has 0 saturated heterocycles. The zero-order chi connectivity index (χ0) is 9.68. The molecule has 0 radical (unpaired) electrons. The lowest BCUT2D eigenvalue weighted by Crippen LogP contribution is -1.99. The summed E-state index contributed by atoms with van der Waals surface area (Å²) in [5, 5.41) is 2.09. The van der Waals surface area contributed by atoms with Gasteiger partial charge < -0.3 is 0 Å². The number of carbonyl (C=O) groups is 1. The van der Waals surface area contributed by atoms with E-state index in [1.54, 1.807) is 11.3 Å². The van der Waals surface area contributed by atoms with Crippen molar-refractivity contribution in [2.45, 2.75) is 39.5 Å². The van der Waals surface area contributed by atoms with Crippen molar-refractivity contribution in [2.75, 3.05) is 0 Å². The van der Waals surface area contributed by atoms with Crippen molar-refractivity contribution in [3.8, 4) is 0 Å². The maximum Gasteiger partial charge on any atom is 0.133 e. The molecule has 0 atom stereocenters. The molecule has 0 aliphatic heterocycles. The van der Waals surface area contributed by atoms with E-state index in [0.29, 0.717) is 12.2 Å². The molecule has 0 N–H and O–H groups in total. The van der Waals surface area contributed by atoms with E-state index in [1.165, 1.54) is 10.4 Å². The lowest BCUT2D eigenvalue weighted by Gasteiger charge is -1.98. The van der Waals surface area contributed by atoms with E-state index in [0.717, 1.165) is 19.3 Å². The van der Waals surface area contributed by atoms with Crippen molar-refractivity contribution in [3.63, 3.8) is 0 Å². The van der Waals surface area contributed by atoms with Crippen molar-refractivity contribution in [1.29, 1.82) is 0 Å². The Balaban J connectivity index is 2.35. The van der Waals surface area contributed by atoms with Crippen molar-refractivity contribution in [3.05, 3.63) is 21.9 Å². The van der Waals surface area contributed by atoms with Crippen molar-refractivity contribution in [1.82, 2.24) is 0 Å². The Labute approximate surface area is 83.8 Å². The minimum absolute atomic E-state index is 0.396. The van der Waals surface area contributed by atoms with Crippen LogP contribution in [-0.2, 0) is 11.2 Å². The van der Waals surface area contributed by atoms with Gasteiger partial charge in [-0.15, -0.1) is 11.3 Å². The zero-order valence-corrected chi connectivity index (χ0v) is 9.12. The topological polar surface area (TPSA) is 17.1 Å². The maximum absolute atomic E-state index is 11.3. The largest absolute Gasteiger partial charge is 0.300 e. The molecule has 0 fully saturated rings. The van der Waals surface area contributed by atoms with Gasteiger partial charge in [0.2, 0.25) is 0 Å². The van der Waals surface area contributed by atoms with Crippen LogP contribution < -0.4 is 0 Å². The molecule has 1 aromatic rings. The number of hydrogen-bond acceptors (Lipinski definition) is 2. The predicted molar refractivity (Wildman–Crippen MR) is 57.3 cm³/mol. The number of thiophene rings is 1. The highest BCUT2D eigenvalue weighted by Crippen LogP contribution is 2.16. The molecular formula is C11H16OS. The first-order valence-electron chi connectivity index (χ1n) is 4.78. The van der Waals surface area contributed by atoms with Gasteiger partial charge in [-0.1, -0.05) is 6.92 Å². The summed E-state index contributed by atoms with van der Waals surface area (Å²) in [5.74, 6) is 0.396. The molecule has 1 rings (SSSR count). The third kappa shape index (κ3) is 3.31. The average Bonchev–Trinajstić information content (AvgIpc) is 2.48. The summed E-state index contributed by atoms with van der Waals surface area (Å²) in [6.07, 6.45) is 3.35. The summed E-state index contributed by atoms with van der Waals surface area (Å²) in [5.41, 5.74) is 1.34. The molecule has 13 heavy (non-hydrogen) atoms. The molecule has 2 heteroatoms. The van der Waals surface area contributed by atoms with E-state index in [2.05, 4.69) is 18.4 Å². The number of carbonyl (C=O) groups excluding carboxylic acids is 1. The molecule has 1 nitrogen and oxygen atoms in total. The zero-order valence-electron chi connectivity index (χ0n) is 8.30. The van der Waals surface area contributed by atoms with Gasteiger partial charge >= 0.3 is 0 Å². The molecule has 0 aromatic carbocycles. The molecule has 1 heterocycles. The van der Waals surface area contributed by atoms with Crippen molar-refractivity contribution >= 4 is 17.1 Å². The van der Waals surface area contributed by atoms with Gasteiger partial charge in [-0.25, -0.2) is 0 Å². The van der Waals surface area contributed by atoms with Crippen molar-refractivity contribution in [2.24, 2.45) is 0 Å². The minimum Gasteiger partial charge on any atom is -0.300 e. The predicted octanol–water partition coefficient (Wildman–Crippen LogP) is 3.36. The van der Waals surface area contributed by atoms with E-state index in [9.17, 15) is 4.79 Å². The lowest BCUT2D eigenvalue weighted by atomic mass is 10.1. The Morgan fingerprint density at radius 3 is 2.77 bits per heavy atom. The van der Waals surface area contributed by atoms with Gasteiger partial charge in [0.25, 0.3) is 0 Å². The Morgan fingerprint density at radius 1 is 1.46 bits per heavy atom. The summed E-state index contributed by atoms with van der Waals surface area (Å²) in [6.45, 7) is 4.16. The number of Topliss-reactive ketones (excluding diaryl/α,β-unsaturated/α-hetero) is 1. The highest BCUT2D eigenvalue weighted by Gasteiger charge is 2.03. The first-order chi connectivity index (χ1) is 6.24. The third-order valence-electron chi connectivity index (χ3n) is 2.17. The summed E-state index contributed by atoms with van der Waals surface area (Å²) in [4.78, 5) is 12.6. The van der Waals surface area contributed by atoms with Crippen molar-refractivity contribution < 1.29 is 4.79 Å². The summed E-state index contributed by atoms with van der Waals surface area (Å²) in [7, 11) is 0. The van der Waals surface area contributed by atoms with Crippen LogP contribution in [0, 0.1) is 6.92 Å². The molecule has 0 aliphatic carbocycles. The van der Waals surface area contributed by atoms with Crippen LogP contribution >= 0.6 is 11.3 Å². The Morgan fingerprint density at radius 2 is 2.23 bits per heavy atom. The van der Waals surface area contributed by atoms with E-state index in [-0.39, 0.29) is 0 Å². The molecule has 0 bridgehead atoms. The minimum atomic E-state index is 0.396. The van der Waals surface area contributed by atoms with Crippen LogP contribution in [0.1, 0.15) is 36.6 Å². The van der Waals surface area contributed by atoms with Crippen LogP contribution in [0.15, 0.2) is 11.4 Å². The third-order valence-corrected chi connectivity index (χ3v) is 3.06. The van der Waals surface area contributed by atoms with Gasteiger partial charge in [0.05, 0.1) is 0 Å². The van der Waals surface area contributed by atoms with Gasteiger partial charge in [0, 0.05) is 17.7 Å². The molecule has 0 aliphatic rings. The van der Waals surface area contributed by atoms with E-state index in [1.807, 2.05) is 6.92 Å². The second-order valence-electron chi connectivity index (χ2n) is 3.29. The number of rotatable bonds is 5. The first-order valence-corrected chi connectivity index (χ1v) is 5.66. The van der Waals surface area contributed by atoms with Gasteiger partial charge in [0.15, 0.2) is 0 Å². The SMILES string of the molecule is CCCC(=O)CCc1ccsc1C. The fourth-order valence-corrected chi connectivity index (χ4v) is 2.11. The Hall–Kier alpha value is -0.630. The molecular weight excluding hydrogens is 180 g/mol. The number of hydrogen-bond donors (Lipinski definition) is 0. The highest BCUT2D eigenvalue weighted by molar-refractivity contribution is 7.10. The lowest BCUT2D eigenvalue weighted by molar-refractivity contribution is -0.119. The maximum atomic E-state index is 11.3. The molecule has 0 saturated carbocycles. The van der Waals surface area contributed by atoms with Gasteiger partial charge in [-0.05, 0) is 36.8 Å². The molecule has 0 amide bonds. The normalized spacial score (nSPS) is 10.3. The molecule has 1 aromatic heterocycles. The second-order valence-corrected chi connectivity index (χ2v) is 4.41. The summed E-state index contributed by atoms with van der Waals surface area (Å²) >= 11 is 1.76. The Kier molecular flexibility index (Phi) is 4.16. The second kappa shape index (κ2) is 5.18. The summed E-state index contributed by atoms with van der Waals surface area (Å²) < 4.78 is 0. The van der Waals surface area contributed by atoms with Gasteiger partial charge in [-0.3, -0.25) is 4.79 Å². The number of aryl methyl sites for hydroxylation is 2. The highest BCUT2D eigenvalue weighted by atomic mass is 32.1. The monoisotopic (exact) mass is 196 g/mol. The average molecular weight is 196 g/mol. The standard InChI is InChI=1S/C11H16OS/c1-3-4-11(12)6-5-10-7-8-13-9(10)2/h7-8H,3-6H2,1-2H3. The van der Waals surface area contributed by atoms with E-state index >= 15 is 0 Å². The molecule has 72 valence electrons. The number of ketones is 1. The fourth-order valence-electron chi connectivity index (χ4n) is 1.35. The van der Waals surface area contributed by atoms with E-state index < -0.39 is 0 Å². The fraction of sp³-hybridized carbons (Fsp3) is 0.545. The van der Waals surface area contributed by atoms with Crippen LogP contribution in [0.5, 0.6) is 0 Å². The van der Waals surface area contributed by atoms with Crippen LogP contribution in [0.3, 0.4) is 0 Å². The quantitative estimate of drug-likeness (QED) is 0.705. The van der Waals surface area contributed by atoms with Gasteiger partial charge in [0.1, 0.15) is 5.78 Å². The smallest absolute Gasteiger partial charge is 0.133 e. The summed E-state index contributed by atoms with van der Waals surface area (Å²) in [6, 6.07) is 2.12. The van der Waals surface area contributed by atoms with Crippen LogP contribution in [-0.4, -0.2) is 5.78 Å². The molecule has 0 spiro atoms. The first kappa shape index (κ1) is 10.5. The van der Waals surface area contributed by atoms with Crippen LogP contribution in [0.4, 0.5) is 0 Å². The van der Waals surface area contributed by atoms with Gasteiger partial charge in [-0.2, -0.15) is 0 Å². The van der Waals surface area contributed by atoms with E-state index in [4.69, 9.17) is 0 Å². The Bertz CT molecular complexity index is 275. The van der Waals surface area contributed by atoms with Crippen LogP contribution in [0.25, 0.3) is 0 Å².